The molecule has 1 aliphatic rings. The molecule has 0 radical (unpaired) electrons. The van der Waals surface area contributed by atoms with Gasteiger partial charge in [-0.15, -0.1) is 11.8 Å². The van der Waals surface area contributed by atoms with Gasteiger partial charge >= 0.3 is 0 Å². The molecule has 0 saturated carbocycles. The van der Waals surface area contributed by atoms with Crippen LogP contribution >= 0.6 is 11.8 Å². The average Bonchev–Trinajstić information content (AvgIpc) is 3.26. The maximum atomic E-state index is 14.4. The molecule has 0 saturated heterocycles. The Morgan fingerprint density at radius 2 is 1.93 bits per heavy atom. The van der Waals surface area contributed by atoms with Crippen LogP contribution in [0.1, 0.15) is 54.0 Å². The Morgan fingerprint density at radius 3 is 2.62 bits per heavy atom. The molecule has 1 aliphatic heterocycles. The van der Waals surface area contributed by atoms with Crippen molar-refractivity contribution in [3.8, 4) is 5.69 Å². The fraction of sp³-hybridized carbons (Fsp3) is 0.290. The van der Waals surface area contributed by atoms with Gasteiger partial charge in [0.2, 0.25) is 11.8 Å². The second kappa shape index (κ2) is 11.3. The Bertz CT molecular complexity index is 1550. The molecule has 7 nitrogen and oxygen atoms in total. The van der Waals surface area contributed by atoms with E-state index in [1.165, 1.54) is 28.8 Å². The summed E-state index contributed by atoms with van der Waals surface area (Å²) in [6.45, 7) is 8.33. The zero-order valence-electron chi connectivity index (χ0n) is 23.0. The Hall–Kier alpha value is -3.98. The lowest BCUT2D eigenvalue weighted by Crippen LogP contribution is -2.42. The third-order valence-electron chi connectivity index (χ3n) is 6.81. The summed E-state index contributed by atoms with van der Waals surface area (Å²) in [6.07, 6.45) is 3.37. The zero-order valence-corrected chi connectivity index (χ0v) is 23.8. The number of fused-ring (bicyclic) bond motifs is 1. The van der Waals surface area contributed by atoms with E-state index in [-0.39, 0.29) is 35.2 Å². The lowest BCUT2D eigenvalue weighted by molar-refractivity contribution is -0.123. The van der Waals surface area contributed by atoms with Crippen LogP contribution in [0.4, 0.5) is 10.2 Å². The average molecular weight is 558 g/mol. The van der Waals surface area contributed by atoms with Crippen LogP contribution in [0.25, 0.3) is 5.69 Å². The monoisotopic (exact) mass is 557 g/mol. The zero-order chi connectivity index (χ0) is 28.4. The first-order valence-corrected chi connectivity index (χ1v) is 14.2. The van der Waals surface area contributed by atoms with Crippen LogP contribution in [0.5, 0.6) is 0 Å². The van der Waals surface area contributed by atoms with Crippen molar-refractivity contribution >= 4 is 29.4 Å². The summed E-state index contributed by atoms with van der Waals surface area (Å²) in [5.41, 5.74) is 4.61. The van der Waals surface area contributed by atoms with Gasteiger partial charge in [-0.1, -0.05) is 57.2 Å². The minimum absolute atomic E-state index is 0.128. The number of nitrogens with one attached hydrogen (secondary N) is 1. The predicted octanol–water partition coefficient (Wildman–Crippen LogP) is 5.50. The predicted molar refractivity (Wildman–Crippen MR) is 156 cm³/mol. The number of carbonyl (C=O) groups is 2. The van der Waals surface area contributed by atoms with Crippen molar-refractivity contribution in [2.24, 2.45) is 0 Å². The van der Waals surface area contributed by atoms with Crippen LogP contribution < -0.4 is 10.2 Å². The van der Waals surface area contributed by atoms with Gasteiger partial charge in [-0.2, -0.15) is 5.10 Å². The van der Waals surface area contributed by atoms with Gasteiger partial charge in [0.25, 0.3) is 0 Å². The van der Waals surface area contributed by atoms with Crippen LogP contribution in [0, 0.1) is 12.7 Å². The molecule has 9 heteroatoms. The molecule has 0 fully saturated rings. The van der Waals surface area contributed by atoms with E-state index in [2.05, 4.69) is 31.1 Å². The normalized spacial score (nSPS) is 15.5. The molecule has 1 N–H and O–H groups in total. The molecule has 0 bridgehead atoms. The Balaban J connectivity index is 1.67. The molecule has 0 aliphatic carbocycles. The minimum atomic E-state index is -0.397. The largest absolute Gasteiger partial charge is 0.350 e. The molecule has 2 amide bonds. The second-order valence-corrected chi connectivity index (χ2v) is 12.0. The molecule has 2 aromatic heterocycles. The van der Waals surface area contributed by atoms with Crippen molar-refractivity contribution in [1.82, 2.24) is 20.1 Å². The summed E-state index contributed by atoms with van der Waals surface area (Å²) in [5, 5.41) is 7.66. The number of amides is 2. The van der Waals surface area contributed by atoms with E-state index in [0.717, 1.165) is 33.6 Å². The molecule has 40 heavy (non-hydrogen) atoms. The van der Waals surface area contributed by atoms with Crippen LogP contribution in [0.15, 0.2) is 73.1 Å². The Kier molecular flexibility index (Phi) is 7.76. The molecule has 0 unspecified atom stereocenters. The number of halogens is 1. The van der Waals surface area contributed by atoms with Gasteiger partial charge in [0.05, 0.1) is 22.4 Å². The van der Waals surface area contributed by atoms with Crippen LogP contribution in [-0.2, 0) is 21.5 Å². The number of hydrogen-bond acceptors (Lipinski definition) is 5. The van der Waals surface area contributed by atoms with Crippen molar-refractivity contribution in [3.05, 3.63) is 107 Å². The maximum absolute atomic E-state index is 14.4. The van der Waals surface area contributed by atoms with Gasteiger partial charge in [0.15, 0.2) is 0 Å². The molecule has 3 heterocycles. The number of rotatable bonds is 6. The van der Waals surface area contributed by atoms with Gasteiger partial charge in [0.1, 0.15) is 18.2 Å². The minimum Gasteiger partial charge on any atom is -0.350 e. The number of nitrogens with zero attached hydrogens (tertiary/aromatic N) is 4. The van der Waals surface area contributed by atoms with Gasteiger partial charge < -0.3 is 5.32 Å². The number of pyridine rings is 1. The van der Waals surface area contributed by atoms with Crippen molar-refractivity contribution in [3.63, 3.8) is 0 Å². The number of aromatic nitrogens is 3. The number of carbonyl (C=O) groups excluding carboxylic acids is 2. The highest BCUT2D eigenvalue weighted by Crippen LogP contribution is 2.48. The first kappa shape index (κ1) is 27.6. The molecule has 4 aromatic rings. The van der Waals surface area contributed by atoms with Crippen molar-refractivity contribution in [1.29, 1.82) is 0 Å². The Labute approximate surface area is 237 Å². The maximum Gasteiger partial charge on any atom is 0.240 e. The van der Waals surface area contributed by atoms with Crippen LogP contribution in [-0.4, -0.2) is 38.9 Å². The summed E-state index contributed by atoms with van der Waals surface area (Å²) in [4.78, 5) is 32.6. The Morgan fingerprint density at radius 1 is 1.12 bits per heavy atom. The van der Waals surface area contributed by atoms with Crippen LogP contribution in [0.3, 0.4) is 0 Å². The molecule has 0 spiro atoms. The number of aryl methyl sites for hydroxylation is 1. The van der Waals surface area contributed by atoms with E-state index in [0.29, 0.717) is 12.4 Å². The third kappa shape index (κ3) is 5.65. The lowest BCUT2D eigenvalue weighted by Gasteiger charge is -2.25. The van der Waals surface area contributed by atoms with E-state index in [9.17, 15) is 14.0 Å². The standard InChI is InChI=1S/C31H32FN5O2S/c1-20-9-5-6-13-24(20)37-30-27(29(35-37)31(2,3)4)28(22-11-7-12-23(32)15-22)40-19-26(39)36(30)18-25(38)34-17-21-10-8-14-33-16-21/h5-16,28H,17-19H2,1-4H3,(H,34,38)/t28-/m0/s1. The van der Waals surface area contributed by atoms with Gasteiger partial charge in [-0.05, 0) is 47.9 Å². The number of thioether (sulfide) groups is 1. The first-order valence-electron chi connectivity index (χ1n) is 13.2. The van der Waals surface area contributed by atoms with E-state index in [4.69, 9.17) is 5.10 Å². The molecular weight excluding hydrogens is 525 g/mol. The van der Waals surface area contributed by atoms with Crippen LogP contribution in [0.2, 0.25) is 0 Å². The summed E-state index contributed by atoms with van der Waals surface area (Å²) in [6, 6.07) is 18.0. The van der Waals surface area contributed by atoms with E-state index in [1.54, 1.807) is 23.1 Å². The molecule has 206 valence electrons. The lowest BCUT2D eigenvalue weighted by atomic mass is 9.87. The molecule has 1 atom stereocenters. The highest BCUT2D eigenvalue weighted by Gasteiger charge is 2.40. The smallest absolute Gasteiger partial charge is 0.240 e. The number of para-hydroxylation sites is 1. The molecular formula is C31H32FN5O2S. The van der Waals surface area contributed by atoms with Gasteiger partial charge in [-0.25, -0.2) is 9.07 Å². The van der Waals surface area contributed by atoms with Gasteiger partial charge in [-0.3, -0.25) is 19.5 Å². The number of benzene rings is 2. The fourth-order valence-electron chi connectivity index (χ4n) is 4.88. The summed E-state index contributed by atoms with van der Waals surface area (Å²) in [7, 11) is 0. The molecule has 5 rings (SSSR count). The highest BCUT2D eigenvalue weighted by atomic mass is 32.2. The molecule has 2 aromatic carbocycles. The second-order valence-electron chi connectivity index (χ2n) is 10.9. The first-order chi connectivity index (χ1) is 19.1. The number of anilines is 1. The summed E-state index contributed by atoms with van der Waals surface area (Å²) < 4.78 is 16.2. The summed E-state index contributed by atoms with van der Waals surface area (Å²) in [5.74, 6) is -0.183. The van der Waals surface area contributed by atoms with Crippen molar-refractivity contribution in [2.75, 3.05) is 17.2 Å². The third-order valence-corrected chi connectivity index (χ3v) is 8.06. The number of hydrogen-bond donors (Lipinski definition) is 1. The van der Waals surface area contributed by atoms with Gasteiger partial charge in [0, 0.05) is 29.9 Å². The van der Waals surface area contributed by atoms with Crippen molar-refractivity contribution < 1.29 is 14.0 Å². The van der Waals surface area contributed by atoms with Crippen molar-refractivity contribution in [2.45, 2.75) is 44.9 Å². The quantitative estimate of drug-likeness (QED) is 0.339. The highest BCUT2D eigenvalue weighted by molar-refractivity contribution is 8.00. The topological polar surface area (TPSA) is 80.1 Å². The summed E-state index contributed by atoms with van der Waals surface area (Å²) >= 11 is 1.43. The van der Waals surface area contributed by atoms with E-state index >= 15 is 0 Å². The SMILES string of the molecule is Cc1ccccc1-n1nc(C(C)(C)C)c2c1N(CC(=O)NCc1cccnc1)C(=O)CS[C@H]2c1cccc(F)c1. The van der Waals surface area contributed by atoms with E-state index < -0.39 is 5.41 Å². The van der Waals surface area contributed by atoms with E-state index in [1.807, 2.05) is 49.4 Å². The fourth-order valence-corrected chi connectivity index (χ4v) is 6.07.